The maximum atomic E-state index is 11.1. The van der Waals surface area contributed by atoms with E-state index in [1.807, 2.05) is 30.3 Å². The zero-order valence-electron chi connectivity index (χ0n) is 9.74. The molecule has 2 rings (SSSR count). The second-order valence-electron chi connectivity index (χ2n) is 3.60. The molecule has 1 heterocycles. The van der Waals surface area contributed by atoms with Gasteiger partial charge >= 0.3 is 0 Å². The Morgan fingerprint density at radius 2 is 2.00 bits per heavy atom. The lowest BCUT2D eigenvalue weighted by Crippen LogP contribution is -2.12. The molecule has 0 bridgehead atoms. The Morgan fingerprint density at radius 1 is 1.22 bits per heavy atom. The molecule has 0 spiro atoms. The van der Waals surface area contributed by atoms with Gasteiger partial charge in [0.15, 0.2) is 5.88 Å². The summed E-state index contributed by atoms with van der Waals surface area (Å²) in [6.07, 6.45) is 0.698. The molecule has 1 amide bonds. The van der Waals surface area contributed by atoms with Gasteiger partial charge in [-0.2, -0.15) is 0 Å². The number of aliphatic hydroxyl groups excluding tert-OH is 1. The third kappa shape index (κ3) is 2.70. The van der Waals surface area contributed by atoms with E-state index < -0.39 is 0 Å². The molecule has 0 aliphatic rings. The van der Waals surface area contributed by atoms with Gasteiger partial charge in [-0.05, 0) is 12.1 Å². The van der Waals surface area contributed by atoms with Crippen LogP contribution in [0.15, 0.2) is 46.9 Å². The highest BCUT2D eigenvalue weighted by Gasteiger charge is 2.11. The Balaban J connectivity index is 2.18. The van der Waals surface area contributed by atoms with Crippen LogP contribution in [0.1, 0.15) is 0 Å². The number of rotatable bonds is 6. The van der Waals surface area contributed by atoms with E-state index in [-0.39, 0.29) is 6.61 Å². The fourth-order valence-corrected chi connectivity index (χ4v) is 1.56. The number of carbonyl (C=O) groups is 1. The van der Waals surface area contributed by atoms with E-state index in [1.165, 1.54) is 4.90 Å². The Bertz CT molecular complexity index is 496. The fourth-order valence-electron chi connectivity index (χ4n) is 1.56. The number of benzene rings is 1. The lowest BCUT2D eigenvalue weighted by molar-refractivity contribution is -0.107. The highest BCUT2D eigenvalue weighted by Crippen LogP contribution is 2.27. The van der Waals surface area contributed by atoms with Crippen LogP contribution in [0, 0.1) is 0 Å². The van der Waals surface area contributed by atoms with Crippen LogP contribution >= 0.6 is 0 Å². The molecule has 5 heteroatoms. The molecule has 0 saturated heterocycles. The quantitative estimate of drug-likeness (QED) is 0.765. The van der Waals surface area contributed by atoms with Crippen LogP contribution in [-0.4, -0.2) is 24.7 Å². The van der Waals surface area contributed by atoms with Gasteiger partial charge in [0.05, 0.1) is 12.3 Å². The molecule has 2 N–H and O–H groups in total. The summed E-state index contributed by atoms with van der Waals surface area (Å²) in [5.41, 5.74) is 0.732. The molecule has 0 saturated carbocycles. The summed E-state index contributed by atoms with van der Waals surface area (Å²) in [5.74, 6) is 0.943. The molecule has 2 aromatic rings. The molecular formula is C13H14N2O3. The first-order valence-corrected chi connectivity index (χ1v) is 5.59. The number of anilines is 3. The summed E-state index contributed by atoms with van der Waals surface area (Å²) in [6, 6.07) is 12.6. The van der Waals surface area contributed by atoms with Crippen molar-refractivity contribution >= 4 is 23.9 Å². The van der Waals surface area contributed by atoms with Gasteiger partial charge in [0.25, 0.3) is 0 Å². The van der Waals surface area contributed by atoms with Crippen molar-refractivity contribution in [3.8, 4) is 0 Å². The highest BCUT2D eigenvalue weighted by atomic mass is 16.4. The number of nitrogens with one attached hydrogen (secondary N) is 1. The first kappa shape index (κ1) is 12.2. The number of aliphatic hydroxyl groups is 1. The number of para-hydroxylation sites is 1. The van der Waals surface area contributed by atoms with E-state index in [2.05, 4.69) is 5.32 Å². The number of hydrogen-bond acceptors (Lipinski definition) is 4. The third-order valence-corrected chi connectivity index (χ3v) is 2.38. The van der Waals surface area contributed by atoms with Gasteiger partial charge in [-0.15, -0.1) is 0 Å². The topological polar surface area (TPSA) is 65.7 Å². The summed E-state index contributed by atoms with van der Waals surface area (Å²) in [7, 11) is 0. The largest absolute Gasteiger partial charge is 0.424 e. The lowest BCUT2D eigenvalue weighted by Gasteiger charge is -2.13. The fraction of sp³-hybridized carbons (Fsp3) is 0.154. The van der Waals surface area contributed by atoms with E-state index >= 15 is 0 Å². The van der Waals surface area contributed by atoms with Gasteiger partial charge in [-0.3, -0.25) is 9.69 Å². The van der Waals surface area contributed by atoms with Gasteiger partial charge in [0.1, 0.15) is 0 Å². The minimum atomic E-state index is 0.0200. The van der Waals surface area contributed by atoms with Gasteiger partial charge in [-0.25, -0.2) is 0 Å². The number of amides is 1. The molecule has 0 fully saturated rings. The predicted molar refractivity (Wildman–Crippen MR) is 68.9 cm³/mol. The number of carbonyl (C=O) groups excluding carboxylic acids is 1. The van der Waals surface area contributed by atoms with Crippen molar-refractivity contribution in [3.05, 3.63) is 42.5 Å². The van der Waals surface area contributed by atoms with E-state index in [1.54, 1.807) is 12.1 Å². The zero-order valence-corrected chi connectivity index (χ0v) is 9.74. The predicted octanol–water partition coefficient (Wildman–Crippen LogP) is 1.98. The summed E-state index contributed by atoms with van der Waals surface area (Å²) in [6.45, 7) is 0.422. The van der Waals surface area contributed by atoms with Crippen LogP contribution in [0.3, 0.4) is 0 Å². The molecule has 0 aliphatic carbocycles. The molecule has 5 nitrogen and oxygen atoms in total. The third-order valence-electron chi connectivity index (χ3n) is 2.38. The van der Waals surface area contributed by atoms with Gasteiger partial charge in [-0.1, -0.05) is 18.2 Å². The molecule has 1 aromatic carbocycles. The number of hydrogen-bond donors (Lipinski definition) is 2. The maximum absolute atomic E-state index is 11.1. The standard InChI is InChI=1S/C13H14N2O3/c16-9-8-14-12-6-7-13(18-12)15(10-17)11-4-2-1-3-5-11/h1-7,10,14,16H,8-9H2. The first-order valence-electron chi connectivity index (χ1n) is 5.59. The Kier molecular flexibility index (Phi) is 3.98. The zero-order chi connectivity index (χ0) is 12.8. The van der Waals surface area contributed by atoms with Crippen LogP contribution in [0.5, 0.6) is 0 Å². The minimum absolute atomic E-state index is 0.0200. The van der Waals surface area contributed by atoms with E-state index in [0.717, 1.165) is 5.69 Å². The first-order chi connectivity index (χ1) is 8.85. The van der Waals surface area contributed by atoms with Crippen molar-refractivity contribution in [3.63, 3.8) is 0 Å². The summed E-state index contributed by atoms with van der Waals surface area (Å²) in [5, 5.41) is 11.6. The van der Waals surface area contributed by atoms with Crippen molar-refractivity contribution in [2.24, 2.45) is 0 Å². The van der Waals surface area contributed by atoms with Crippen LogP contribution in [0.25, 0.3) is 0 Å². The van der Waals surface area contributed by atoms with Gasteiger partial charge in [0, 0.05) is 18.7 Å². The molecule has 0 radical (unpaired) electrons. The Morgan fingerprint density at radius 3 is 2.67 bits per heavy atom. The number of nitrogens with zero attached hydrogens (tertiary/aromatic N) is 1. The van der Waals surface area contributed by atoms with Gasteiger partial charge < -0.3 is 14.8 Å². The van der Waals surface area contributed by atoms with Crippen LogP contribution in [-0.2, 0) is 4.79 Å². The molecule has 0 atom stereocenters. The van der Waals surface area contributed by atoms with Crippen molar-refractivity contribution < 1.29 is 14.3 Å². The monoisotopic (exact) mass is 246 g/mol. The molecular weight excluding hydrogens is 232 g/mol. The normalized spacial score (nSPS) is 10.1. The Labute approximate surface area is 105 Å². The number of furan rings is 1. The van der Waals surface area contributed by atoms with Crippen molar-refractivity contribution in [1.82, 2.24) is 0 Å². The molecule has 94 valence electrons. The van der Waals surface area contributed by atoms with Crippen LogP contribution < -0.4 is 10.2 Å². The van der Waals surface area contributed by atoms with Crippen LogP contribution in [0.4, 0.5) is 17.5 Å². The van der Waals surface area contributed by atoms with Crippen LogP contribution in [0.2, 0.25) is 0 Å². The average Bonchev–Trinajstić information content (AvgIpc) is 2.87. The highest BCUT2D eigenvalue weighted by molar-refractivity contribution is 5.84. The van der Waals surface area contributed by atoms with Crippen molar-refractivity contribution in [2.75, 3.05) is 23.4 Å². The second kappa shape index (κ2) is 5.88. The van der Waals surface area contributed by atoms with Gasteiger partial charge in [0.2, 0.25) is 12.3 Å². The van der Waals surface area contributed by atoms with E-state index in [0.29, 0.717) is 24.7 Å². The summed E-state index contributed by atoms with van der Waals surface area (Å²) in [4.78, 5) is 12.5. The molecule has 0 aliphatic heterocycles. The SMILES string of the molecule is O=CN(c1ccccc1)c1ccc(NCCO)o1. The molecule has 1 aromatic heterocycles. The maximum Gasteiger partial charge on any atom is 0.221 e. The average molecular weight is 246 g/mol. The smallest absolute Gasteiger partial charge is 0.221 e. The Hall–Kier alpha value is -2.27. The van der Waals surface area contributed by atoms with E-state index in [4.69, 9.17) is 9.52 Å². The summed E-state index contributed by atoms with van der Waals surface area (Å²) >= 11 is 0. The van der Waals surface area contributed by atoms with Crippen molar-refractivity contribution in [2.45, 2.75) is 0 Å². The van der Waals surface area contributed by atoms with Crippen molar-refractivity contribution in [1.29, 1.82) is 0 Å². The minimum Gasteiger partial charge on any atom is -0.424 e. The molecule has 0 unspecified atom stereocenters. The second-order valence-corrected chi connectivity index (χ2v) is 3.60. The van der Waals surface area contributed by atoms with E-state index in [9.17, 15) is 4.79 Å². The molecule has 18 heavy (non-hydrogen) atoms. The lowest BCUT2D eigenvalue weighted by atomic mass is 10.3. The summed E-state index contributed by atoms with van der Waals surface area (Å²) < 4.78 is 5.47.